The monoisotopic (exact) mass is 332 g/mol. The van der Waals surface area contributed by atoms with E-state index in [0.29, 0.717) is 35.1 Å². The molecule has 7 heteroatoms. The second kappa shape index (κ2) is 7.63. The van der Waals surface area contributed by atoms with Crippen LogP contribution in [-0.2, 0) is 4.79 Å². The summed E-state index contributed by atoms with van der Waals surface area (Å²) in [6.45, 7) is 5.03. The van der Waals surface area contributed by atoms with E-state index < -0.39 is 6.10 Å². The first kappa shape index (κ1) is 17.5. The second-order valence-electron chi connectivity index (χ2n) is 5.25. The summed E-state index contributed by atoms with van der Waals surface area (Å²) < 4.78 is 15.9. The lowest BCUT2D eigenvalue weighted by Gasteiger charge is -2.18. The van der Waals surface area contributed by atoms with E-state index >= 15 is 0 Å². The van der Waals surface area contributed by atoms with Crippen molar-refractivity contribution in [3.05, 3.63) is 35.6 Å². The maximum Gasteiger partial charge on any atom is 0.266 e. The van der Waals surface area contributed by atoms with Crippen LogP contribution in [0.1, 0.15) is 36.4 Å². The highest BCUT2D eigenvalue weighted by molar-refractivity contribution is 5.95. The maximum atomic E-state index is 12.3. The Hall–Kier alpha value is -2.83. The Labute approximate surface area is 139 Å². The van der Waals surface area contributed by atoms with Crippen molar-refractivity contribution < 1.29 is 23.6 Å². The SMILES string of the molecule is CC[C@@H](Oc1ccc(C(C)=O)cc1OC)C(=O)Nc1cc(C)on1. The number of aromatic nitrogens is 1. The third-order valence-corrected chi connectivity index (χ3v) is 3.38. The molecule has 0 aliphatic rings. The standard InChI is InChI=1S/C17H20N2O5/c1-5-13(17(21)18-16-8-10(2)24-19-16)23-14-7-6-12(11(3)20)9-15(14)22-4/h6-9,13H,5H2,1-4H3,(H,18,19,21)/t13-/m1/s1. The topological polar surface area (TPSA) is 90.7 Å². The molecule has 2 rings (SSSR count). The predicted molar refractivity (Wildman–Crippen MR) is 87.6 cm³/mol. The number of nitrogens with one attached hydrogen (secondary N) is 1. The molecule has 0 saturated carbocycles. The highest BCUT2D eigenvalue weighted by Crippen LogP contribution is 2.29. The molecule has 2 aromatic rings. The van der Waals surface area contributed by atoms with Crippen LogP contribution in [0.15, 0.2) is 28.8 Å². The second-order valence-corrected chi connectivity index (χ2v) is 5.25. The lowest BCUT2D eigenvalue weighted by Crippen LogP contribution is -2.32. The fraction of sp³-hybridized carbons (Fsp3) is 0.353. The molecule has 1 heterocycles. The zero-order valence-electron chi connectivity index (χ0n) is 14.1. The predicted octanol–water partition coefficient (Wildman–Crippen LogP) is 2.99. The number of benzene rings is 1. The van der Waals surface area contributed by atoms with Crippen molar-refractivity contribution in [3.63, 3.8) is 0 Å². The summed E-state index contributed by atoms with van der Waals surface area (Å²) in [5.41, 5.74) is 0.509. The number of ketones is 1. The first-order chi connectivity index (χ1) is 11.4. The summed E-state index contributed by atoms with van der Waals surface area (Å²) in [5, 5.41) is 6.36. The van der Waals surface area contributed by atoms with Gasteiger partial charge in [-0.15, -0.1) is 0 Å². The molecule has 0 spiro atoms. The minimum Gasteiger partial charge on any atom is -0.493 e. The van der Waals surface area contributed by atoms with Gasteiger partial charge in [0.2, 0.25) is 0 Å². The molecule has 0 aliphatic heterocycles. The van der Waals surface area contributed by atoms with Gasteiger partial charge >= 0.3 is 0 Å². The molecule has 0 unspecified atom stereocenters. The van der Waals surface area contributed by atoms with Gasteiger partial charge in [0, 0.05) is 11.6 Å². The van der Waals surface area contributed by atoms with E-state index in [1.165, 1.54) is 14.0 Å². The Morgan fingerprint density at radius 2 is 2.04 bits per heavy atom. The lowest BCUT2D eigenvalue weighted by molar-refractivity contribution is -0.122. The maximum absolute atomic E-state index is 12.3. The van der Waals surface area contributed by atoms with E-state index in [4.69, 9.17) is 14.0 Å². The van der Waals surface area contributed by atoms with Crippen LogP contribution >= 0.6 is 0 Å². The van der Waals surface area contributed by atoms with Gasteiger partial charge in [-0.2, -0.15) is 0 Å². The molecule has 0 saturated heterocycles. The molecule has 0 fully saturated rings. The quantitative estimate of drug-likeness (QED) is 0.784. The Morgan fingerprint density at radius 3 is 2.58 bits per heavy atom. The fourth-order valence-corrected chi connectivity index (χ4v) is 2.09. The van der Waals surface area contributed by atoms with Crippen molar-refractivity contribution in [1.29, 1.82) is 0 Å². The lowest BCUT2D eigenvalue weighted by atomic mass is 10.1. The Bertz CT molecular complexity index is 738. The van der Waals surface area contributed by atoms with Gasteiger partial charge in [-0.25, -0.2) is 0 Å². The van der Waals surface area contributed by atoms with E-state index in [9.17, 15) is 9.59 Å². The summed E-state index contributed by atoms with van der Waals surface area (Å²) in [4.78, 5) is 23.8. The van der Waals surface area contributed by atoms with Gasteiger partial charge < -0.3 is 19.3 Å². The van der Waals surface area contributed by atoms with E-state index in [1.807, 2.05) is 6.92 Å². The van der Waals surface area contributed by atoms with Crippen LogP contribution in [0, 0.1) is 6.92 Å². The summed E-state index contributed by atoms with van der Waals surface area (Å²) in [6.07, 6.45) is -0.292. The Kier molecular flexibility index (Phi) is 5.57. The molecular weight excluding hydrogens is 312 g/mol. The van der Waals surface area contributed by atoms with Crippen LogP contribution in [0.3, 0.4) is 0 Å². The van der Waals surface area contributed by atoms with Crippen molar-refractivity contribution in [1.82, 2.24) is 5.16 Å². The number of rotatable bonds is 7. The average Bonchev–Trinajstić information content (AvgIpc) is 2.97. The van der Waals surface area contributed by atoms with Crippen LogP contribution in [-0.4, -0.2) is 30.1 Å². The molecule has 0 aliphatic carbocycles. The first-order valence-corrected chi connectivity index (χ1v) is 7.54. The van der Waals surface area contributed by atoms with Crippen LogP contribution in [0.2, 0.25) is 0 Å². The highest BCUT2D eigenvalue weighted by atomic mass is 16.5. The van der Waals surface area contributed by atoms with Gasteiger partial charge in [0.25, 0.3) is 5.91 Å². The molecule has 24 heavy (non-hydrogen) atoms. The number of hydrogen-bond acceptors (Lipinski definition) is 6. The van der Waals surface area contributed by atoms with Crippen molar-refractivity contribution >= 4 is 17.5 Å². The number of amides is 1. The van der Waals surface area contributed by atoms with E-state index in [-0.39, 0.29) is 11.7 Å². The summed E-state index contributed by atoms with van der Waals surface area (Å²) in [7, 11) is 1.48. The van der Waals surface area contributed by atoms with Gasteiger partial charge in [0.15, 0.2) is 29.2 Å². The van der Waals surface area contributed by atoms with E-state index in [2.05, 4.69) is 10.5 Å². The molecule has 1 atom stereocenters. The number of anilines is 1. The number of carbonyl (C=O) groups is 2. The normalized spacial score (nSPS) is 11.7. The number of aryl methyl sites for hydroxylation is 1. The third kappa shape index (κ3) is 4.13. The van der Waals surface area contributed by atoms with Crippen LogP contribution in [0.5, 0.6) is 11.5 Å². The van der Waals surface area contributed by atoms with Gasteiger partial charge in [0.05, 0.1) is 7.11 Å². The summed E-state index contributed by atoms with van der Waals surface area (Å²) >= 11 is 0. The van der Waals surface area contributed by atoms with Crippen molar-refractivity contribution in [2.45, 2.75) is 33.3 Å². The summed E-state index contributed by atoms with van der Waals surface area (Å²) in [6, 6.07) is 6.45. The zero-order chi connectivity index (χ0) is 17.7. The number of ether oxygens (including phenoxy) is 2. The number of nitrogens with zero attached hydrogens (tertiary/aromatic N) is 1. The Morgan fingerprint density at radius 1 is 1.29 bits per heavy atom. The van der Waals surface area contributed by atoms with Gasteiger partial charge in [0.1, 0.15) is 5.76 Å². The van der Waals surface area contributed by atoms with E-state index in [0.717, 1.165) is 0 Å². The van der Waals surface area contributed by atoms with Crippen LogP contribution < -0.4 is 14.8 Å². The molecule has 1 aromatic heterocycles. The number of hydrogen-bond donors (Lipinski definition) is 1. The minimum atomic E-state index is -0.737. The largest absolute Gasteiger partial charge is 0.493 e. The molecule has 0 radical (unpaired) electrons. The number of Topliss-reactive ketones (excluding diaryl/α,β-unsaturated/α-hetero) is 1. The number of methoxy groups -OCH3 is 1. The molecule has 128 valence electrons. The van der Waals surface area contributed by atoms with E-state index in [1.54, 1.807) is 31.2 Å². The van der Waals surface area contributed by atoms with Crippen molar-refractivity contribution in [2.75, 3.05) is 12.4 Å². The highest BCUT2D eigenvalue weighted by Gasteiger charge is 2.21. The Balaban J connectivity index is 2.14. The zero-order valence-corrected chi connectivity index (χ0v) is 14.1. The van der Waals surface area contributed by atoms with Crippen LogP contribution in [0.4, 0.5) is 5.82 Å². The van der Waals surface area contributed by atoms with Crippen molar-refractivity contribution in [3.8, 4) is 11.5 Å². The summed E-state index contributed by atoms with van der Waals surface area (Å²) in [5.74, 6) is 1.29. The minimum absolute atomic E-state index is 0.0777. The molecule has 7 nitrogen and oxygen atoms in total. The van der Waals surface area contributed by atoms with Crippen molar-refractivity contribution in [2.24, 2.45) is 0 Å². The first-order valence-electron chi connectivity index (χ1n) is 7.54. The number of carbonyl (C=O) groups excluding carboxylic acids is 2. The molecular formula is C17H20N2O5. The average molecular weight is 332 g/mol. The molecule has 1 aromatic carbocycles. The fourth-order valence-electron chi connectivity index (χ4n) is 2.09. The van der Waals surface area contributed by atoms with Gasteiger partial charge in [-0.1, -0.05) is 12.1 Å². The third-order valence-electron chi connectivity index (χ3n) is 3.38. The molecule has 0 bridgehead atoms. The van der Waals surface area contributed by atoms with Crippen LogP contribution in [0.25, 0.3) is 0 Å². The smallest absolute Gasteiger partial charge is 0.266 e. The molecule has 1 amide bonds. The molecule has 1 N–H and O–H groups in total. The van der Waals surface area contributed by atoms with Gasteiger partial charge in [-0.3, -0.25) is 9.59 Å². The van der Waals surface area contributed by atoms with Gasteiger partial charge in [-0.05, 0) is 38.5 Å².